The second kappa shape index (κ2) is 4.35. The minimum absolute atomic E-state index is 0.0931. The molecule has 2 fully saturated rings. The van der Waals surface area contributed by atoms with E-state index in [2.05, 4.69) is 5.32 Å². The maximum Gasteiger partial charge on any atom is 0.391 e. The molecule has 98 valence electrons. The van der Waals surface area contributed by atoms with E-state index in [1.807, 2.05) is 0 Å². The van der Waals surface area contributed by atoms with Crippen LogP contribution in [0.5, 0.6) is 0 Å². The van der Waals surface area contributed by atoms with Gasteiger partial charge in [-0.25, -0.2) is 0 Å². The lowest BCUT2D eigenvalue weighted by Crippen LogP contribution is -2.48. The summed E-state index contributed by atoms with van der Waals surface area (Å²) in [6, 6.07) is -0.623. The Morgan fingerprint density at radius 2 is 1.94 bits per heavy atom. The van der Waals surface area contributed by atoms with Gasteiger partial charge in [0.15, 0.2) is 0 Å². The second-order valence-electron chi connectivity index (χ2n) is 4.66. The molecular formula is C10H14F3NO2S. The van der Waals surface area contributed by atoms with Gasteiger partial charge in [-0.3, -0.25) is 10.1 Å². The molecule has 1 aliphatic heterocycles. The Kier molecular flexibility index (Phi) is 3.33. The zero-order valence-corrected chi connectivity index (χ0v) is 9.90. The van der Waals surface area contributed by atoms with Crippen LogP contribution in [0.25, 0.3) is 0 Å². The third-order valence-corrected chi connectivity index (χ3v) is 5.10. The molecule has 1 atom stereocenters. The first-order chi connectivity index (χ1) is 7.82. The third-order valence-electron chi connectivity index (χ3n) is 3.52. The summed E-state index contributed by atoms with van der Waals surface area (Å²) < 4.78 is 37.5. The Labute approximate surface area is 101 Å². The molecule has 0 aromatic rings. The van der Waals surface area contributed by atoms with Crippen molar-refractivity contribution in [2.45, 2.75) is 42.8 Å². The van der Waals surface area contributed by atoms with Crippen molar-refractivity contribution in [1.82, 2.24) is 5.32 Å². The predicted octanol–water partition coefficient (Wildman–Crippen LogP) is 2.22. The van der Waals surface area contributed by atoms with Gasteiger partial charge in [-0.1, -0.05) is 0 Å². The van der Waals surface area contributed by atoms with E-state index in [0.717, 1.165) is 0 Å². The zero-order chi connectivity index (χ0) is 12.7. The topological polar surface area (TPSA) is 49.3 Å². The van der Waals surface area contributed by atoms with Gasteiger partial charge in [-0.2, -0.15) is 13.2 Å². The highest BCUT2D eigenvalue weighted by atomic mass is 32.2. The van der Waals surface area contributed by atoms with E-state index in [1.54, 1.807) is 0 Å². The summed E-state index contributed by atoms with van der Waals surface area (Å²) in [6.07, 6.45) is -3.14. The number of carboxylic acid groups (broad SMARTS) is 1. The van der Waals surface area contributed by atoms with E-state index >= 15 is 0 Å². The standard InChI is InChI=1S/C10H14F3NO2S/c11-10(12,13)6-1-3-9(4-2-6)14-7(5-17-9)8(15)16/h6-7,14H,1-5H2,(H,15,16)/t6?,7-,9?/m0/s1. The number of nitrogens with one attached hydrogen (secondary N) is 1. The van der Waals surface area contributed by atoms with E-state index in [4.69, 9.17) is 5.11 Å². The summed E-state index contributed by atoms with van der Waals surface area (Å²) >= 11 is 1.46. The van der Waals surface area contributed by atoms with Crippen LogP contribution >= 0.6 is 11.8 Å². The number of carbonyl (C=O) groups is 1. The summed E-state index contributed by atoms with van der Waals surface area (Å²) in [5, 5.41) is 11.8. The van der Waals surface area contributed by atoms with Crippen LogP contribution in [0.3, 0.4) is 0 Å². The molecule has 2 N–H and O–H groups in total. The van der Waals surface area contributed by atoms with Crippen molar-refractivity contribution in [2.75, 3.05) is 5.75 Å². The van der Waals surface area contributed by atoms with Crippen LogP contribution in [0.1, 0.15) is 25.7 Å². The van der Waals surface area contributed by atoms with Crippen LogP contribution in [0.4, 0.5) is 13.2 Å². The first-order valence-electron chi connectivity index (χ1n) is 5.54. The monoisotopic (exact) mass is 269 g/mol. The fraction of sp³-hybridized carbons (Fsp3) is 0.900. The molecular weight excluding hydrogens is 255 g/mol. The van der Waals surface area contributed by atoms with Crippen molar-refractivity contribution in [1.29, 1.82) is 0 Å². The SMILES string of the molecule is O=C(O)[C@@H]1CSC2(CCC(C(F)(F)F)CC2)N1. The highest BCUT2D eigenvalue weighted by Crippen LogP contribution is 2.47. The maximum absolute atomic E-state index is 12.5. The third kappa shape index (κ3) is 2.70. The quantitative estimate of drug-likeness (QED) is 0.766. The van der Waals surface area contributed by atoms with Crippen molar-refractivity contribution < 1.29 is 23.1 Å². The summed E-state index contributed by atoms with van der Waals surface area (Å²) in [5.74, 6) is -1.71. The molecule has 3 nitrogen and oxygen atoms in total. The Balaban J connectivity index is 1.93. The number of hydrogen-bond donors (Lipinski definition) is 2. The second-order valence-corrected chi connectivity index (χ2v) is 6.06. The molecule has 0 aromatic heterocycles. The fourth-order valence-corrected chi connectivity index (χ4v) is 3.94. The van der Waals surface area contributed by atoms with Gasteiger partial charge in [0.1, 0.15) is 6.04 Å². The lowest BCUT2D eigenvalue weighted by atomic mass is 9.85. The van der Waals surface area contributed by atoms with E-state index in [0.29, 0.717) is 18.6 Å². The van der Waals surface area contributed by atoms with E-state index in [9.17, 15) is 18.0 Å². The molecule has 0 unspecified atom stereocenters. The van der Waals surface area contributed by atoms with Crippen molar-refractivity contribution in [3.8, 4) is 0 Å². The van der Waals surface area contributed by atoms with Crippen LogP contribution < -0.4 is 5.32 Å². The van der Waals surface area contributed by atoms with Crippen molar-refractivity contribution in [2.24, 2.45) is 5.92 Å². The van der Waals surface area contributed by atoms with Crippen molar-refractivity contribution in [3.05, 3.63) is 0 Å². The molecule has 17 heavy (non-hydrogen) atoms. The first kappa shape index (κ1) is 13.0. The fourth-order valence-electron chi connectivity index (χ4n) is 2.48. The molecule has 0 bridgehead atoms. The van der Waals surface area contributed by atoms with Crippen LogP contribution in [0, 0.1) is 5.92 Å². The largest absolute Gasteiger partial charge is 0.480 e. The van der Waals surface area contributed by atoms with E-state index in [1.165, 1.54) is 11.8 Å². The summed E-state index contributed by atoms with van der Waals surface area (Å²) in [4.78, 5) is 10.4. The maximum atomic E-state index is 12.5. The molecule has 0 amide bonds. The minimum atomic E-state index is -4.11. The molecule has 7 heteroatoms. The predicted molar refractivity (Wildman–Crippen MR) is 57.8 cm³/mol. The van der Waals surface area contributed by atoms with Gasteiger partial charge in [-0.15, -0.1) is 11.8 Å². The Morgan fingerprint density at radius 3 is 2.35 bits per heavy atom. The van der Waals surface area contributed by atoms with Gasteiger partial charge in [0.25, 0.3) is 0 Å². The zero-order valence-electron chi connectivity index (χ0n) is 9.09. The molecule has 1 spiro atoms. The summed E-state index contributed by atoms with van der Waals surface area (Å²) in [6.45, 7) is 0. The van der Waals surface area contributed by atoms with Gasteiger partial charge in [0.2, 0.25) is 0 Å². The Hall–Kier alpha value is -0.430. The minimum Gasteiger partial charge on any atom is -0.480 e. The normalized spacial score (nSPS) is 38.5. The Morgan fingerprint density at radius 1 is 1.35 bits per heavy atom. The molecule has 1 heterocycles. The summed E-state index contributed by atoms with van der Waals surface area (Å²) in [7, 11) is 0. The molecule has 0 radical (unpaired) electrons. The summed E-state index contributed by atoms with van der Waals surface area (Å²) in [5.41, 5.74) is 0. The molecule has 2 aliphatic rings. The van der Waals surface area contributed by atoms with Crippen LogP contribution in [0.15, 0.2) is 0 Å². The number of rotatable bonds is 1. The smallest absolute Gasteiger partial charge is 0.391 e. The number of thioether (sulfide) groups is 1. The van der Waals surface area contributed by atoms with Gasteiger partial charge in [0, 0.05) is 5.75 Å². The average Bonchev–Trinajstić information content (AvgIpc) is 2.62. The van der Waals surface area contributed by atoms with Gasteiger partial charge < -0.3 is 5.11 Å². The van der Waals surface area contributed by atoms with Gasteiger partial charge in [0.05, 0.1) is 10.8 Å². The number of alkyl halides is 3. The highest BCUT2D eigenvalue weighted by molar-refractivity contribution is 8.00. The Bertz CT molecular complexity index is 313. The van der Waals surface area contributed by atoms with Gasteiger partial charge >= 0.3 is 12.1 Å². The van der Waals surface area contributed by atoms with E-state index < -0.39 is 29.0 Å². The number of carboxylic acids is 1. The van der Waals surface area contributed by atoms with Crippen molar-refractivity contribution in [3.63, 3.8) is 0 Å². The lowest BCUT2D eigenvalue weighted by molar-refractivity contribution is -0.183. The first-order valence-corrected chi connectivity index (χ1v) is 6.52. The highest BCUT2D eigenvalue weighted by Gasteiger charge is 2.49. The molecule has 2 rings (SSSR count). The van der Waals surface area contributed by atoms with Crippen LogP contribution in [-0.4, -0.2) is 33.9 Å². The van der Waals surface area contributed by atoms with Crippen LogP contribution in [-0.2, 0) is 4.79 Å². The number of aliphatic carboxylic acids is 1. The average molecular weight is 269 g/mol. The van der Waals surface area contributed by atoms with Crippen LogP contribution in [0.2, 0.25) is 0 Å². The van der Waals surface area contributed by atoms with Crippen molar-refractivity contribution >= 4 is 17.7 Å². The number of halogens is 3. The molecule has 1 saturated heterocycles. The number of hydrogen-bond acceptors (Lipinski definition) is 3. The molecule has 1 saturated carbocycles. The lowest BCUT2D eigenvalue weighted by Gasteiger charge is -2.37. The molecule has 0 aromatic carbocycles. The van der Waals surface area contributed by atoms with Gasteiger partial charge in [-0.05, 0) is 25.7 Å². The van der Waals surface area contributed by atoms with E-state index in [-0.39, 0.29) is 12.8 Å². The molecule has 1 aliphatic carbocycles.